The Morgan fingerprint density at radius 3 is 2.83 bits per heavy atom. The molecule has 6 heteroatoms. The van der Waals surface area contributed by atoms with Gasteiger partial charge in [-0.3, -0.25) is 4.79 Å². The van der Waals surface area contributed by atoms with Crippen LogP contribution in [-0.4, -0.2) is 32.9 Å². The van der Waals surface area contributed by atoms with Crippen LogP contribution in [0, 0.1) is 0 Å². The van der Waals surface area contributed by atoms with Crippen molar-refractivity contribution in [1.29, 1.82) is 0 Å². The zero-order valence-corrected chi connectivity index (χ0v) is 9.14. The number of thiocarbonyl (C=S) groups is 1. The molecule has 1 unspecified atom stereocenters. The smallest absolute Gasteiger partial charge is 0.233 e. The number of amides is 1. The topological polar surface area (TPSA) is 49.3 Å². The summed E-state index contributed by atoms with van der Waals surface area (Å²) < 4.78 is 0.446. The number of aliphatic hydroxyl groups excluding tert-OH is 1. The Morgan fingerprint density at radius 2 is 2.42 bits per heavy atom. The summed E-state index contributed by atoms with van der Waals surface area (Å²) in [5, 5.41) is 10.7. The highest BCUT2D eigenvalue weighted by Crippen LogP contribution is 2.14. The summed E-state index contributed by atoms with van der Waals surface area (Å²) in [4.78, 5) is 11.1. The lowest BCUT2D eigenvalue weighted by atomic mass is 10.4. The minimum absolute atomic E-state index is 0.0472. The van der Waals surface area contributed by atoms with Crippen LogP contribution in [0.5, 0.6) is 0 Å². The first-order valence-corrected chi connectivity index (χ1v) is 5.09. The molecule has 70 valence electrons. The first-order chi connectivity index (χ1) is 5.57. The Balaban J connectivity index is 3.69. The lowest BCUT2D eigenvalue weighted by Crippen LogP contribution is -2.33. The van der Waals surface area contributed by atoms with Crippen LogP contribution in [0.3, 0.4) is 0 Å². The van der Waals surface area contributed by atoms with Crippen LogP contribution in [0.15, 0.2) is 0 Å². The molecule has 0 fully saturated rings. The van der Waals surface area contributed by atoms with Gasteiger partial charge < -0.3 is 10.4 Å². The van der Waals surface area contributed by atoms with Crippen LogP contribution in [0.25, 0.3) is 0 Å². The SMILES string of the molecule is CC(SC(=S)S)C(=O)NCCO. The largest absolute Gasteiger partial charge is 0.395 e. The van der Waals surface area contributed by atoms with Crippen molar-refractivity contribution in [3.8, 4) is 0 Å². The van der Waals surface area contributed by atoms with Gasteiger partial charge in [0.15, 0.2) is 0 Å². The van der Waals surface area contributed by atoms with Gasteiger partial charge in [-0.25, -0.2) is 0 Å². The summed E-state index contributed by atoms with van der Waals surface area (Å²) >= 11 is 9.80. The van der Waals surface area contributed by atoms with E-state index in [0.29, 0.717) is 3.53 Å². The van der Waals surface area contributed by atoms with E-state index in [2.05, 4.69) is 17.9 Å². The van der Waals surface area contributed by atoms with Gasteiger partial charge in [0.05, 0.1) is 11.9 Å². The molecule has 0 saturated heterocycles. The van der Waals surface area contributed by atoms with E-state index in [0.717, 1.165) is 0 Å². The van der Waals surface area contributed by atoms with E-state index in [1.807, 2.05) is 0 Å². The maximum atomic E-state index is 11.1. The van der Waals surface area contributed by atoms with Crippen molar-refractivity contribution in [3.63, 3.8) is 0 Å². The van der Waals surface area contributed by atoms with Gasteiger partial charge in [-0.05, 0) is 6.92 Å². The molecule has 1 atom stereocenters. The second-order valence-corrected chi connectivity index (χ2v) is 5.11. The molecule has 0 aromatic heterocycles. The molecular formula is C6H11NO2S3. The Kier molecular flexibility index (Phi) is 6.83. The molecule has 0 saturated carbocycles. The molecule has 0 aliphatic rings. The Morgan fingerprint density at radius 1 is 1.83 bits per heavy atom. The molecule has 0 aliphatic heterocycles. The van der Waals surface area contributed by atoms with Crippen molar-refractivity contribution in [3.05, 3.63) is 0 Å². The summed E-state index contributed by atoms with van der Waals surface area (Å²) in [5.41, 5.74) is 0. The minimum Gasteiger partial charge on any atom is -0.395 e. The Bertz CT molecular complexity index is 174. The van der Waals surface area contributed by atoms with E-state index in [-0.39, 0.29) is 24.3 Å². The fourth-order valence-electron chi connectivity index (χ4n) is 0.528. The summed E-state index contributed by atoms with van der Waals surface area (Å²) in [6, 6.07) is 0. The summed E-state index contributed by atoms with van der Waals surface area (Å²) in [7, 11) is 0. The molecule has 0 spiro atoms. The van der Waals surface area contributed by atoms with Crippen molar-refractivity contribution in [2.24, 2.45) is 0 Å². The van der Waals surface area contributed by atoms with Crippen LogP contribution >= 0.6 is 36.6 Å². The molecule has 0 heterocycles. The van der Waals surface area contributed by atoms with E-state index in [4.69, 9.17) is 17.3 Å². The van der Waals surface area contributed by atoms with E-state index >= 15 is 0 Å². The summed E-state index contributed by atoms with van der Waals surface area (Å²) in [6.45, 7) is 1.97. The number of hydrogen-bond acceptors (Lipinski definition) is 4. The van der Waals surface area contributed by atoms with Gasteiger partial charge >= 0.3 is 0 Å². The third-order valence-electron chi connectivity index (χ3n) is 1.06. The van der Waals surface area contributed by atoms with Crippen molar-refractivity contribution in [2.45, 2.75) is 12.2 Å². The quantitative estimate of drug-likeness (QED) is 0.480. The molecule has 0 aromatic carbocycles. The molecular weight excluding hydrogens is 214 g/mol. The van der Waals surface area contributed by atoms with Crippen molar-refractivity contribution in [2.75, 3.05) is 13.2 Å². The molecule has 1 amide bonds. The van der Waals surface area contributed by atoms with Crippen molar-refractivity contribution in [1.82, 2.24) is 5.32 Å². The maximum absolute atomic E-state index is 11.1. The number of nitrogens with one attached hydrogen (secondary N) is 1. The molecule has 3 nitrogen and oxygen atoms in total. The van der Waals surface area contributed by atoms with Gasteiger partial charge in [-0.2, -0.15) is 0 Å². The van der Waals surface area contributed by atoms with E-state index in [1.54, 1.807) is 6.92 Å². The summed E-state index contributed by atoms with van der Waals surface area (Å²) in [5.74, 6) is -0.134. The number of carbonyl (C=O) groups is 1. The number of carbonyl (C=O) groups excluding carboxylic acids is 1. The Labute approximate surface area is 86.7 Å². The number of hydrogen-bond donors (Lipinski definition) is 3. The fraction of sp³-hybridized carbons (Fsp3) is 0.667. The van der Waals surface area contributed by atoms with Gasteiger partial charge in [-0.1, -0.05) is 24.0 Å². The number of thiol groups is 1. The molecule has 0 radical (unpaired) electrons. The zero-order chi connectivity index (χ0) is 9.56. The molecule has 0 bridgehead atoms. The molecule has 0 rings (SSSR count). The van der Waals surface area contributed by atoms with Crippen LogP contribution < -0.4 is 5.32 Å². The van der Waals surface area contributed by atoms with Crippen LogP contribution in [0.4, 0.5) is 0 Å². The van der Waals surface area contributed by atoms with Crippen molar-refractivity contribution < 1.29 is 9.90 Å². The average molecular weight is 225 g/mol. The van der Waals surface area contributed by atoms with E-state index < -0.39 is 0 Å². The number of aliphatic hydroxyl groups is 1. The van der Waals surface area contributed by atoms with Crippen LogP contribution in [0.2, 0.25) is 0 Å². The lowest BCUT2D eigenvalue weighted by molar-refractivity contribution is -0.120. The van der Waals surface area contributed by atoms with Crippen molar-refractivity contribution >= 4 is 46.0 Å². The fourth-order valence-corrected chi connectivity index (χ4v) is 1.93. The predicted octanol–water partition coefficient (Wildman–Crippen LogP) is 0.431. The lowest BCUT2D eigenvalue weighted by Gasteiger charge is -2.09. The predicted molar refractivity (Wildman–Crippen MR) is 58.7 cm³/mol. The van der Waals surface area contributed by atoms with E-state index in [9.17, 15) is 4.79 Å². The highest BCUT2D eigenvalue weighted by Gasteiger charge is 2.13. The normalized spacial score (nSPS) is 12.2. The monoisotopic (exact) mass is 225 g/mol. The van der Waals surface area contributed by atoms with Gasteiger partial charge in [0.25, 0.3) is 0 Å². The second kappa shape index (κ2) is 6.71. The summed E-state index contributed by atoms with van der Waals surface area (Å²) in [6.07, 6.45) is 0. The standard InChI is InChI=1S/C6H11NO2S3/c1-4(12-6(10)11)5(9)7-2-3-8/h4,8H,2-3H2,1H3,(H,7,9)(H,10,11). The highest BCUT2D eigenvalue weighted by molar-refractivity contribution is 8.42. The van der Waals surface area contributed by atoms with Crippen LogP contribution in [-0.2, 0) is 4.79 Å². The van der Waals surface area contributed by atoms with Crippen LogP contribution in [0.1, 0.15) is 6.92 Å². The molecule has 0 aromatic rings. The number of rotatable bonds is 4. The van der Waals surface area contributed by atoms with Gasteiger partial charge in [0.2, 0.25) is 5.91 Å². The van der Waals surface area contributed by atoms with Gasteiger partial charge in [0, 0.05) is 6.54 Å². The molecule has 12 heavy (non-hydrogen) atoms. The molecule has 2 N–H and O–H groups in total. The highest BCUT2D eigenvalue weighted by atomic mass is 32.2. The number of thioether (sulfide) groups is 1. The molecule has 0 aliphatic carbocycles. The first kappa shape index (κ1) is 12.2. The average Bonchev–Trinajstić information content (AvgIpc) is 1.98. The van der Waals surface area contributed by atoms with E-state index in [1.165, 1.54) is 11.8 Å². The van der Waals surface area contributed by atoms with Gasteiger partial charge in [-0.15, -0.1) is 12.6 Å². The minimum atomic E-state index is -0.249. The third-order valence-corrected chi connectivity index (χ3v) is 2.43. The zero-order valence-electron chi connectivity index (χ0n) is 6.61. The van der Waals surface area contributed by atoms with Gasteiger partial charge in [0.1, 0.15) is 3.53 Å². The maximum Gasteiger partial charge on any atom is 0.233 e. The Hall–Kier alpha value is 0.220. The third kappa shape index (κ3) is 5.82. The first-order valence-electron chi connectivity index (χ1n) is 3.36. The second-order valence-electron chi connectivity index (χ2n) is 2.04.